The number of esters is 1. The second-order valence-electron chi connectivity index (χ2n) is 3.93. The maximum absolute atomic E-state index is 10.7. The number of rotatable bonds is 9. The van der Waals surface area contributed by atoms with Crippen molar-refractivity contribution in [3.63, 3.8) is 0 Å². The van der Waals surface area contributed by atoms with E-state index in [2.05, 4.69) is 20.4 Å². The van der Waals surface area contributed by atoms with Crippen LogP contribution < -0.4 is 0 Å². The van der Waals surface area contributed by atoms with Crippen LogP contribution in [0.15, 0.2) is 12.7 Å². The fourth-order valence-electron chi connectivity index (χ4n) is 1.73. The highest BCUT2D eigenvalue weighted by molar-refractivity contribution is 5.81. The lowest BCUT2D eigenvalue weighted by molar-refractivity contribution is -0.137. The number of hydrogen-bond donors (Lipinski definition) is 0. The summed E-state index contributed by atoms with van der Waals surface area (Å²) in [6.45, 7) is 8.36. The molecule has 0 aromatic heterocycles. The van der Waals surface area contributed by atoms with E-state index < -0.39 is 0 Å². The van der Waals surface area contributed by atoms with Crippen LogP contribution in [0.2, 0.25) is 0 Å². The van der Waals surface area contributed by atoms with Crippen LogP contribution in [0.4, 0.5) is 0 Å². The number of ether oxygens (including phenoxy) is 1. The van der Waals surface area contributed by atoms with Gasteiger partial charge in [0.25, 0.3) is 0 Å². The Bertz CT molecular complexity index is 175. The molecule has 0 saturated heterocycles. The van der Waals surface area contributed by atoms with Crippen LogP contribution in [0.1, 0.15) is 52.4 Å². The van der Waals surface area contributed by atoms with E-state index in [1.54, 1.807) is 0 Å². The Balaban J connectivity index is 3.35. The smallest absolute Gasteiger partial charge is 0.330 e. The largest absolute Gasteiger partial charge is 0.463 e. The molecule has 0 aromatic rings. The molecule has 0 spiro atoms. The van der Waals surface area contributed by atoms with Crippen molar-refractivity contribution in [2.24, 2.45) is 5.92 Å². The number of hydrogen-bond acceptors (Lipinski definition) is 2. The molecule has 0 N–H and O–H groups in total. The summed E-state index contributed by atoms with van der Waals surface area (Å²) >= 11 is 0. The molecule has 2 nitrogen and oxygen atoms in total. The molecule has 0 aromatic carbocycles. The first-order valence-corrected chi connectivity index (χ1v) is 6.03. The van der Waals surface area contributed by atoms with Crippen molar-refractivity contribution in [2.75, 3.05) is 6.61 Å². The van der Waals surface area contributed by atoms with Crippen molar-refractivity contribution in [3.8, 4) is 0 Å². The maximum atomic E-state index is 10.7. The van der Waals surface area contributed by atoms with Gasteiger partial charge in [-0.1, -0.05) is 46.1 Å². The fraction of sp³-hybridized carbons (Fsp3) is 0.769. The number of unbranched alkanes of at least 4 members (excludes halogenated alkanes) is 1. The molecule has 0 aliphatic heterocycles. The van der Waals surface area contributed by atoms with Gasteiger partial charge < -0.3 is 4.74 Å². The van der Waals surface area contributed by atoms with Crippen LogP contribution >= 0.6 is 0 Å². The van der Waals surface area contributed by atoms with E-state index in [1.165, 1.54) is 31.8 Å². The van der Waals surface area contributed by atoms with Gasteiger partial charge in [-0.15, -0.1) is 0 Å². The van der Waals surface area contributed by atoms with Gasteiger partial charge in [-0.3, -0.25) is 0 Å². The Morgan fingerprint density at radius 1 is 1.33 bits per heavy atom. The third kappa shape index (κ3) is 8.22. The van der Waals surface area contributed by atoms with Crippen molar-refractivity contribution in [1.82, 2.24) is 0 Å². The monoisotopic (exact) mass is 212 g/mol. The average molecular weight is 212 g/mol. The average Bonchev–Trinajstić information content (AvgIpc) is 2.26. The fourth-order valence-corrected chi connectivity index (χ4v) is 1.73. The molecular formula is C13H24O2. The molecule has 0 rings (SSSR count). The summed E-state index contributed by atoms with van der Waals surface area (Å²) in [6, 6.07) is 0. The van der Waals surface area contributed by atoms with Crippen molar-refractivity contribution in [3.05, 3.63) is 12.7 Å². The zero-order chi connectivity index (χ0) is 11.5. The summed E-state index contributed by atoms with van der Waals surface area (Å²) in [5, 5.41) is 0. The van der Waals surface area contributed by atoms with Crippen LogP contribution in [-0.4, -0.2) is 12.6 Å². The van der Waals surface area contributed by atoms with Crippen molar-refractivity contribution >= 4 is 5.97 Å². The zero-order valence-corrected chi connectivity index (χ0v) is 10.1. The van der Waals surface area contributed by atoms with Gasteiger partial charge in [0.2, 0.25) is 0 Å². The van der Waals surface area contributed by atoms with Gasteiger partial charge in [-0.25, -0.2) is 4.79 Å². The Labute approximate surface area is 93.7 Å². The maximum Gasteiger partial charge on any atom is 0.330 e. The number of carbonyl (C=O) groups is 1. The van der Waals surface area contributed by atoms with Crippen LogP contribution in [0, 0.1) is 5.92 Å². The van der Waals surface area contributed by atoms with Gasteiger partial charge in [0.15, 0.2) is 0 Å². The summed E-state index contributed by atoms with van der Waals surface area (Å²) in [4.78, 5) is 10.7. The molecule has 0 radical (unpaired) electrons. The van der Waals surface area contributed by atoms with E-state index in [4.69, 9.17) is 4.74 Å². The molecule has 1 unspecified atom stereocenters. The molecule has 0 heterocycles. The molecule has 88 valence electrons. The molecule has 15 heavy (non-hydrogen) atoms. The van der Waals surface area contributed by atoms with Gasteiger partial charge in [0.1, 0.15) is 0 Å². The van der Waals surface area contributed by atoms with Gasteiger partial charge in [0.05, 0.1) is 6.61 Å². The highest BCUT2D eigenvalue weighted by atomic mass is 16.5. The van der Waals surface area contributed by atoms with E-state index in [9.17, 15) is 4.79 Å². The third-order valence-electron chi connectivity index (χ3n) is 2.69. The predicted molar refractivity (Wildman–Crippen MR) is 63.7 cm³/mol. The molecule has 1 atom stereocenters. The first-order valence-electron chi connectivity index (χ1n) is 6.03. The van der Waals surface area contributed by atoms with E-state index in [0.29, 0.717) is 6.61 Å². The van der Waals surface area contributed by atoms with Gasteiger partial charge in [0, 0.05) is 6.08 Å². The van der Waals surface area contributed by atoms with Crippen LogP contribution in [0.5, 0.6) is 0 Å². The topological polar surface area (TPSA) is 26.3 Å². The van der Waals surface area contributed by atoms with E-state index in [1.807, 2.05) is 0 Å². The Morgan fingerprint density at radius 2 is 2.07 bits per heavy atom. The second kappa shape index (κ2) is 9.75. The van der Waals surface area contributed by atoms with Gasteiger partial charge in [-0.2, -0.15) is 0 Å². The van der Waals surface area contributed by atoms with Crippen molar-refractivity contribution in [2.45, 2.75) is 52.4 Å². The molecule has 2 heteroatoms. The summed E-state index contributed by atoms with van der Waals surface area (Å²) in [5.74, 6) is 0.542. The van der Waals surface area contributed by atoms with Crippen LogP contribution in [0.25, 0.3) is 0 Å². The summed E-state index contributed by atoms with van der Waals surface area (Å²) in [7, 11) is 0. The van der Waals surface area contributed by atoms with Crippen molar-refractivity contribution in [1.29, 1.82) is 0 Å². The minimum atomic E-state index is -0.310. The van der Waals surface area contributed by atoms with E-state index >= 15 is 0 Å². The molecule has 0 fully saturated rings. The van der Waals surface area contributed by atoms with Gasteiger partial charge >= 0.3 is 5.97 Å². The molecule has 0 aliphatic carbocycles. The minimum Gasteiger partial charge on any atom is -0.463 e. The lowest BCUT2D eigenvalue weighted by atomic mass is 9.95. The summed E-state index contributed by atoms with van der Waals surface area (Å²) in [5.41, 5.74) is 0. The molecule has 0 aliphatic rings. The zero-order valence-electron chi connectivity index (χ0n) is 10.1. The Hall–Kier alpha value is -0.790. The van der Waals surface area contributed by atoms with Crippen LogP contribution in [-0.2, 0) is 9.53 Å². The standard InChI is InChI=1S/C13H24O2/c1-4-9-12(5-2)10-7-8-11-15-13(14)6-3/h6,12H,3-5,7-11H2,1-2H3. The van der Waals surface area contributed by atoms with E-state index in [-0.39, 0.29) is 5.97 Å². The first kappa shape index (κ1) is 14.2. The quantitative estimate of drug-likeness (QED) is 0.331. The number of carbonyl (C=O) groups excluding carboxylic acids is 1. The normalized spacial score (nSPS) is 12.1. The lowest BCUT2D eigenvalue weighted by Crippen LogP contribution is -2.03. The molecule has 0 saturated carbocycles. The summed E-state index contributed by atoms with van der Waals surface area (Å²) < 4.78 is 4.91. The van der Waals surface area contributed by atoms with Crippen molar-refractivity contribution < 1.29 is 9.53 Å². The Morgan fingerprint density at radius 3 is 2.60 bits per heavy atom. The third-order valence-corrected chi connectivity index (χ3v) is 2.69. The molecule has 0 amide bonds. The summed E-state index contributed by atoms with van der Waals surface area (Å²) in [6.07, 6.45) is 8.46. The predicted octanol–water partition coefficient (Wildman–Crippen LogP) is 3.71. The Kier molecular flexibility index (Phi) is 9.24. The first-order chi connectivity index (χ1) is 7.24. The van der Waals surface area contributed by atoms with Gasteiger partial charge in [-0.05, 0) is 18.8 Å². The second-order valence-corrected chi connectivity index (χ2v) is 3.93. The highest BCUT2D eigenvalue weighted by Crippen LogP contribution is 2.17. The lowest BCUT2D eigenvalue weighted by Gasteiger charge is -2.12. The minimum absolute atomic E-state index is 0.310. The highest BCUT2D eigenvalue weighted by Gasteiger charge is 2.04. The SMILES string of the molecule is C=CC(=O)OCCCCC(CC)CCC. The van der Waals surface area contributed by atoms with Crippen LogP contribution in [0.3, 0.4) is 0 Å². The molecule has 0 bridgehead atoms. The molecular weight excluding hydrogens is 188 g/mol. The van der Waals surface area contributed by atoms with E-state index in [0.717, 1.165) is 18.8 Å².